The van der Waals surface area contributed by atoms with Gasteiger partial charge in [0.2, 0.25) is 5.91 Å². The van der Waals surface area contributed by atoms with Gasteiger partial charge in [0.25, 0.3) is 5.56 Å². The summed E-state index contributed by atoms with van der Waals surface area (Å²) in [6.07, 6.45) is 11.6. The fourth-order valence-corrected chi connectivity index (χ4v) is 4.63. The van der Waals surface area contributed by atoms with Crippen LogP contribution in [-0.2, 0) is 4.79 Å². The van der Waals surface area contributed by atoms with E-state index in [2.05, 4.69) is 15.3 Å². The number of benzene rings is 1. The summed E-state index contributed by atoms with van der Waals surface area (Å²) in [7, 11) is 0. The molecule has 0 bridgehead atoms. The highest BCUT2D eigenvalue weighted by molar-refractivity contribution is 7.98. The second-order valence-corrected chi connectivity index (χ2v) is 8.68. The zero-order valence-corrected chi connectivity index (χ0v) is 17.9. The second kappa shape index (κ2) is 9.43. The number of anilines is 1. The zero-order valence-electron chi connectivity index (χ0n) is 17.1. The van der Waals surface area contributed by atoms with Gasteiger partial charge in [-0.05, 0) is 48.9 Å². The summed E-state index contributed by atoms with van der Waals surface area (Å²) >= 11 is 1.61. The van der Waals surface area contributed by atoms with Crippen LogP contribution in [0.3, 0.4) is 0 Å². The summed E-state index contributed by atoms with van der Waals surface area (Å²) in [5.41, 5.74) is 0.481. The Kier molecular flexibility index (Phi) is 6.47. The number of carbonyl (C=O) groups excluding carboxylic acids is 1. The minimum atomic E-state index is -0.611. The summed E-state index contributed by atoms with van der Waals surface area (Å²) < 4.78 is 1.51. The monoisotopic (exact) mass is 422 g/mol. The van der Waals surface area contributed by atoms with Gasteiger partial charge in [0.15, 0.2) is 0 Å². The zero-order chi connectivity index (χ0) is 20.9. The minimum Gasteiger partial charge on any atom is -0.309 e. The van der Waals surface area contributed by atoms with E-state index in [1.165, 1.54) is 30.2 Å². The number of fused-ring (bicyclic) bond motifs is 1. The van der Waals surface area contributed by atoms with Crippen LogP contribution in [0, 0.1) is 5.92 Å². The molecule has 3 aromatic rings. The summed E-state index contributed by atoms with van der Waals surface area (Å²) in [6.45, 7) is 0. The Morgan fingerprint density at radius 1 is 1.20 bits per heavy atom. The van der Waals surface area contributed by atoms with E-state index in [9.17, 15) is 9.59 Å². The molecule has 1 saturated carbocycles. The Balaban J connectivity index is 1.69. The first-order valence-corrected chi connectivity index (χ1v) is 11.6. The molecule has 2 aromatic heterocycles. The molecule has 0 saturated heterocycles. The van der Waals surface area contributed by atoms with Crippen LogP contribution in [0.5, 0.6) is 0 Å². The molecule has 1 aliphatic rings. The van der Waals surface area contributed by atoms with Crippen molar-refractivity contribution in [3.8, 4) is 0 Å². The highest BCUT2D eigenvalue weighted by Crippen LogP contribution is 2.31. The number of aromatic nitrogens is 3. The molecule has 6 nitrogen and oxygen atoms in total. The van der Waals surface area contributed by atoms with E-state index in [4.69, 9.17) is 0 Å². The minimum absolute atomic E-state index is 0.176. The lowest BCUT2D eigenvalue weighted by atomic mass is 9.84. The van der Waals surface area contributed by atoms with E-state index in [1.54, 1.807) is 36.2 Å². The van der Waals surface area contributed by atoms with Crippen molar-refractivity contribution in [1.29, 1.82) is 0 Å². The van der Waals surface area contributed by atoms with Gasteiger partial charge in [0.1, 0.15) is 11.9 Å². The lowest BCUT2D eigenvalue weighted by molar-refractivity contribution is -0.120. The van der Waals surface area contributed by atoms with Crippen LogP contribution in [0.25, 0.3) is 10.9 Å². The van der Waals surface area contributed by atoms with E-state index >= 15 is 0 Å². The molecule has 1 unspecified atom stereocenters. The number of hydrogen-bond acceptors (Lipinski definition) is 5. The average molecular weight is 423 g/mol. The van der Waals surface area contributed by atoms with Crippen molar-refractivity contribution in [3.05, 3.63) is 59.3 Å². The molecule has 1 aromatic carbocycles. The van der Waals surface area contributed by atoms with Crippen molar-refractivity contribution in [2.75, 3.05) is 11.6 Å². The quantitative estimate of drug-likeness (QED) is 0.585. The fourth-order valence-electron chi connectivity index (χ4n) is 4.20. The van der Waals surface area contributed by atoms with Crippen LogP contribution in [0.15, 0.2) is 58.6 Å². The molecule has 0 aliphatic heterocycles. The van der Waals surface area contributed by atoms with E-state index in [0.717, 1.165) is 17.7 Å². The summed E-state index contributed by atoms with van der Waals surface area (Å²) in [6, 6.07) is 10.4. The predicted molar refractivity (Wildman–Crippen MR) is 121 cm³/mol. The smallest absolute Gasteiger partial charge is 0.261 e. The number of nitrogens with one attached hydrogen (secondary N) is 1. The number of thioether (sulfide) groups is 1. The van der Waals surface area contributed by atoms with Crippen LogP contribution in [0.1, 0.15) is 44.6 Å². The SMILES string of the molecule is CSc1ccc2c(=O)n(C(CC3CCCCC3)C(=O)Nc3ccccn3)cnc2c1. The Bertz CT molecular complexity index is 1080. The van der Waals surface area contributed by atoms with Crippen molar-refractivity contribution in [1.82, 2.24) is 14.5 Å². The van der Waals surface area contributed by atoms with E-state index < -0.39 is 6.04 Å². The molecule has 2 heterocycles. The molecule has 0 spiro atoms. The van der Waals surface area contributed by atoms with Gasteiger partial charge in [-0.15, -0.1) is 11.8 Å². The first-order chi connectivity index (χ1) is 14.7. The third-order valence-electron chi connectivity index (χ3n) is 5.83. The van der Waals surface area contributed by atoms with Crippen LogP contribution in [0.4, 0.5) is 5.82 Å². The molecule has 1 fully saturated rings. The number of pyridine rings is 1. The molecule has 1 aliphatic carbocycles. The molecular weight excluding hydrogens is 396 g/mol. The van der Waals surface area contributed by atoms with Crippen LogP contribution >= 0.6 is 11.8 Å². The van der Waals surface area contributed by atoms with Gasteiger partial charge < -0.3 is 5.32 Å². The van der Waals surface area contributed by atoms with Crippen molar-refractivity contribution in [2.45, 2.75) is 49.5 Å². The first kappa shape index (κ1) is 20.6. The lowest BCUT2D eigenvalue weighted by Crippen LogP contribution is -2.35. The Morgan fingerprint density at radius 2 is 2.03 bits per heavy atom. The molecule has 1 atom stereocenters. The number of rotatable bonds is 6. The molecule has 4 rings (SSSR count). The van der Waals surface area contributed by atoms with Gasteiger partial charge in [0.05, 0.1) is 17.2 Å². The van der Waals surface area contributed by atoms with Gasteiger partial charge in [-0.3, -0.25) is 14.2 Å². The predicted octanol–water partition coefficient (Wildman–Crippen LogP) is 4.66. The van der Waals surface area contributed by atoms with E-state index in [-0.39, 0.29) is 11.5 Å². The average Bonchev–Trinajstić information content (AvgIpc) is 2.79. The van der Waals surface area contributed by atoms with Crippen molar-refractivity contribution >= 4 is 34.4 Å². The largest absolute Gasteiger partial charge is 0.309 e. The third-order valence-corrected chi connectivity index (χ3v) is 6.55. The standard InChI is InChI=1S/C23H26N4O2S/c1-30-17-10-11-18-19(14-17)25-15-27(23(18)29)20(13-16-7-3-2-4-8-16)22(28)26-21-9-5-6-12-24-21/h5-6,9-12,14-16,20H,2-4,7-8,13H2,1H3,(H,24,26,28). The van der Waals surface area contributed by atoms with Crippen molar-refractivity contribution < 1.29 is 4.79 Å². The second-order valence-electron chi connectivity index (χ2n) is 7.80. The first-order valence-electron chi connectivity index (χ1n) is 10.4. The van der Waals surface area contributed by atoms with E-state index in [0.29, 0.717) is 29.1 Å². The van der Waals surface area contributed by atoms with Crippen molar-refractivity contribution in [3.63, 3.8) is 0 Å². The Labute approximate surface area is 180 Å². The normalized spacial score (nSPS) is 15.8. The Morgan fingerprint density at radius 3 is 2.77 bits per heavy atom. The fraction of sp³-hybridized carbons (Fsp3) is 0.391. The van der Waals surface area contributed by atoms with Gasteiger partial charge in [0, 0.05) is 11.1 Å². The maximum absolute atomic E-state index is 13.3. The maximum Gasteiger partial charge on any atom is 0.261 e. The van der Waals surface area contributed by atoms with Crippen LogP contribution in [-0.4, -0.2) is 26.7 Å². The molecule has 1 amide bonds. The third kappa shape index (κ3) is 4.56. The molecule has 7 heteroatoms. The summed E-state index contributed by atoms with van der Waals surface area (Å²) in [5.74, 6) is 0.700. The van der Waals surface area contributed by atoms with Crippen molar-refractivity contribution in [2.24, 2.45) is 5.92 Å². The van der Waals surface area contributed by atoms with Gasteiger partial charge in [-0.25, -0.2) is 9.97 Å². The summed E-state index contributed by atoms with van der Waals surface area (Å²) in [4.78, 5) is 36.3. The van der Waals surface area contributed by atoms with Gasteiger partial charge >= 0.3 is 0 Å². The van der Waals surface area contributed by atoms with E-state index in [1.807, 2.05) is 24.5 Å². The molecule has 0 radical (unpaired) electrons. The Hall–Kier alpha value is -2.67. The lowest BCUT2D eigenvalue weighted by Gasteiger charge is -2.27. The van der Waals surface area contributed by atoms with Crippen LogP contribution < -0.4 is 10.9 Å². The molecule has 1 N–H and O–H groups in total. The highest BCUT2D eigenvalue weighted by Gasteiger charge is 2.27. The number of carbonyl (C=O) groups is 1. The molecule has 156 valence electrons. The maximum atomic E-state index is 13.3. The highest BCUT2D eigenvalue weighted by atomic mass is 32.2. The van der Waals surface area contributed by atoms with Gasteiger partial charge in [-0.2, -0.15) is 0 Å². The topological polar surface area (TPSA) is 76.9 Å². The molecule has 30 heavy (non-hydrogen) atoms. The molecular formula is C23H26N4O2S. The number of nitrogens with zero attached hydrogens (tertiary/aromatic N) is 3. The van der Waals surface area contributed by atoms with Gasteiger partial charge in [-0.1, -0.05) is 38.2 Å². The number of amides is 1. The van der Waals surface area contributed by atoms with Crippen LogP contribution in [0.2, 0.25) is 0 Å². The summed E-state index contributed by atoms with van der Waals surface area (Å²) in [5, 5.41) is 3.42. The number of hydrogen-bond donors (Lipinski definition) is 1.